The second-order valence-corrected chi connectivity index (χ2v) is 6.51. The van der Waals surface area contributed by atoms with E-state index in [0.29, 0.717) is 13.2 Å². The molecule has 1 saturated heterocycles. The van der Waals surface area contributed by atoms with Gasteiger partial charge in [0.2, 0.25) is 13.6 Å². The van der Waals surface area contributed by atoms with Gasteiger partial charge in [0.25, 0.3) is 0 Å². The lowest BCUT2D eigenvalue weighted by Gasteiger charge is -2.24. The number of ether oxygens (including phenoxy) is 6. The summed E-state index contributed by atoms with van der Waals surface area (Å²) in [6.07, 6.45) is -0.296. The Kier molecular flexibility index (Phi) is 3.87. The van der Waals surface area contributed by atoms with Crippen LogP contribution in [0.25, 0.3) is 0 Å². The van der Waals surface area contributed by atoms with E-state index in [-0.39, 0.29) is 31.7 Å². The van der Waals surface area contributed by atoms with Gasteiger partial charge in [0, 0.05) is 18.4 Å². The fourth-order valence-electron chi connectivity index (χ4n) is 3.87. The summed E-state index contributed by atoms with van der Waals surface area (Å²) in [7, 11) is 0. The second-order valence-electron chi connectivity index (χ2n) is 6.51. The summed E-state index contributed by atoms with van der Waals surface area (Å²) in [5, 5.41) is 0. The normalized spacial score (nSPS) is 25.7. The third kappa shape index (κ3) is 2.57. The molecular weight excluding hydrogens is 336 g/mol. The predicted molar refractivity (Wildman–Crippen MR) is 92.0 cm³/mol. The van der Waals surface area contributed by atoms with Crippen molar-refractivity contribution >= 4 is 0 Å². The fraction of sp³-hybridized carbons (Fsp3) is 0.400. The standard InChI is InChI=1S/C20H20O6/c1-2-21-20-19(13-4-6-16-18(8-13)26-11-24-16)14(9-22-20)12-3-5-15-17(7-12)25-10-23-15/h3-8,14,19-20H,2,9-11H2,1H3/t14-,19-,20?/m0/s1. The molecular formula is C20H20O6. The van der Waals surface area contributed by atoms with Crippen LogP contribution in [0.15, 0.2) is 36.4 Å². The highest BCUT2D eigenvalue weighted by atomic mass is 16.7. The lowest BCUT2D eigenvalue weighted by molar-refractivity contribution is -0.114. The summed E-state index contributed by atoms with van der Waals surface area (Å²) in [5.74, 6) is 3.33. The first-order valence-electron chi connectivity index (χ1n) is 8.86. The molecule has 3 heterocycles. The van der Waals surface area contributed by atoms with E-state index in [0.717, 1.165) is 34.1 Å². The first-order chi connectivity index (χ1) is 12.8. The van der Waals surface area contributed by atoms with E-state index in [1.54, 1.807) is 0 Å². The molecule has 0 saturated carbocycles. The van der Waals surface area contributed by atoms with E-state index in [4.69, 9.17) is 28.4 Å². The Morgan fingerprint density at radius 2 is 1.46 bits per heavy atom. The molecule has 3 aliphatic heterocycles. The molecule has 1 fully saturated rings. The molecule has 2 aromatic carbocycles. The van der Waals surface area contributed by atoms with E-state index in [9.17, 15) is 0 Å². The molecule has 3 atom stereocenters. The van der Waals surface area contributed by atoms with Crippen molar-refractivity contribution in [2.45, 2.75) is 25.0 Å². The van der Waals surface area contributed by atoms with E-state index < -0.39 is 0 Å². The van der Waals surface area contributed by atoms with Gasteiger partial charge in [0.15, 0.2) is 29.3 Å². The van der Waals surface area contributed by atoms with Crippen molar-refractivity contribution in [2.24, 2.45) is 0 Å². The van der Waals surface area contributed by atoms with Gasteiger partial charge < -0.3 is 28.4 Å². The maximum absolute atomic E-state index is 6.00. The van der Waals surface area contributed by atoms with Gasteiger partial charge in [-0.2, -0.15) is 0 Å². The minimum absolute atomic E-state index is 0.0600. The molecule has 0 spiro atoms. The van der Waals surface area contributed by atoms with Crippen molar-refractivity contribution in [3.05, 3.63) is 47.5 Å². The highest BCUT2D eigenvalue weighted by Gasteiger charge is 2.41. The molecule has 0 bridgehead atoms. The first-order valence-corrected chi connectivity index (χ1v) is 8.86. The van der Waals surface area contributed by atoms with Gasteiger partial charge in [-0.15, -0.1) is 0 Å². The molecule has 2 aromatic rings. The van der Waals surface area contributed by atoms with Crippen LogP contribution in [0, 0.1) is 0 Å². The Morgan fingerprint density at radius 1 is 0.846 bits per heavy atom. The van der Waals surface area contributed by atoms with Crippen LogP contribution >= 0.6 is 0 Å². The topological polar surface area (TPSA) is 55.4 Å². The average molecular weight is 356 g/mol. The fourth-order valence-corrected chi connectivity index (χ4v) is 3.87. The number of hydrogen-bond acceptors (Lipinski definition) is 6. The summed E-state index contributed by atoms with van der Waals surface area (Å²) >= 11 is 0. The van der Waals surface area contributed by atoms with Crippen LogP contribution in [0.2, 0.25) is 0 Å². The Bertz CT molecular complexity index is 820. The molecule has 0 amide bonds. The summed E-state index contributed by atoms with van der Waals surface area (Å²) in [6.45, 7) is 3.70. The summed E-state index contributed by atoms with van der Waals surface area (Å²) in [6, 6.07) is 12.1. The van der Waals surface area contributed by atoms with E-state index >= 15 is 0 Å². The van der Waals surface area contributed by atoms with Crippen LogP contribution in [-0.2, 0) is 9.47 Å². The van der Waals surface area contributed by atoms with Crippen molar-refractivity contribution in [3.8, 4) is 23.0 Å². The van der Waals surface area contributed by atoms with Gasteiger partial charge in [0.1, 0.15) is 0 Å². The number of rotatable bonds is 4. The molecule has 6 heteroatoms. The molecule has 5 rings (SSSR count). The largest absolute Gasteiger partial charge is 0.454 e. The van der Waals surface area contributed by atoms with Crippen LogP contribution in [0.1, 0.15) is 29.9 Å². The lowest BCUT2D eigenvalue weighted by Crippen LogP contribution is -2.21. The molecule has 3 aliphatic rings. The molecule has 0 N–H and O–H groups in total. The van der Waals surface area contributed by atoms with Crippen molar-refractivity contribution in [1.29, 1.82) is 0 Å². The summed E-state index contributed by atoms with van der Waals surface area (Å²) < 4.78 is 33.8. The molecule has 26 heavy (non-hydrogen) atoms. The van der Waals surface area contributed by atoms with Crippen LogP contribution < -0.4 is 18.9 Å². The van der Waals surface area contributed by atoms with Crippen LogP contribution in [0.5, 0.6) is 23.0 Å². The number of hydrogen-bond donors (Lipinski definition) is 0. The zero-order valence-corrected chi connectivity index (χ0v) is 14.5. The van der Waals surface area contributed by atoms with Crippen LogP contribution in [0.3, 0.4) is 0 Å². The van der Waals surface area contributed by atoms with E-state index in [1.807, 2.05) is 31.2 Å². The van der Waals surface area contributed by atoms with Crippen LogP contribution in [0.4, 0.5) is 0 Å². The Balaban J connectivity index is 1.52. The SMILES string of the molecule is CCOC1OC[C@@H](c2ccc3c(c2)OCO3)[C@@H]1c1ccc2c(c1)OCO2. The van der Waals surface area contributed by atoms with Gasteiger partial charge >= 0.3 is 0 Å². The molecule has 0 radical (unpaired) electrons. The van der Waals surface area contributed by atoms with Gasteiger partial charge in [0.05, 0.1) is 6.61 Å². The Hall–Kier alpha value is -2.44. The highest BCUT2D eigenvalue weighted by molar-refractivity contribution is 5.49. The van der Waals surface area contributed by atoms with Crippen molar-refractivity contribution in [3.63, 3.8) is 0 Å². The Morgan fingerprint density at radius 3 is 2.15 bits per heavy atom. The quantitative estimate of drug-likeness (QED) is 0.837. The zero-order valence-electron chi connectivity index (χ0n) is 14.5. The molecule has 136 valence electrons. The maximum atomic E-state index is 6.00. The lowest BCUT2D eigenvalue weighted by atomic mass is 9.83. The molecule has 0 aliphatic carbocycles. The van der Waals surface area contributed by atoms with E-state index in [1.165, 1.54) is 0 Å². The van der Waals surface area contributed by atoms with Crippen molar-refractivity contribution in [1.82, 2.24) is 0 Å². The number of benzene rings is 2. The van der Waals surface area contributed by atoms with Gasteiger partial charge in [-0.1, -0.05) is 12.1 Å². The minimum Gasteiger partial charge on any atom is -0.454 e. The highest BCUT2D eigenvalue weighted by Crippen LogP contribution is 2.47. The molecule has 6 nitrogen and oxygen atoms in total. The van der Waals surface area contributed by atoms with E-state index in [2.05, 4.69) is 12.1 Å². The van der Waals surface area contributed by atoms with Gasteiger partial charge in [-0.3, -0.25) is 0 Å². The minimum atomic E-state index is -0.296. The monoisotopic (exact) mass is 356 g/mol. The Labute approximate surface area is 151 Å². The molecule has 0 aromatic heterocycles. The van der Waals surface area contributed by atoms with Crippen LogP contribution in [-0.4, -0.2) is 33.1 Å². The number of fused-ring (bicyclic) bond motifs is 2. The predicted octanol–water partition coefficient (Wildman–Crippen LogP) is 3.40. The first kappa shape index (κ1) is 15.8. The summed E-state index contributed by atoms with van der Waals surface area (Å²) in [4.78, 5) is 0. The zero-order chi connectivity index (χ0) is 17.5. The third-order valence-electron chi connectivity index (χ3n) is 5.10. The van der Waals surface area contributed by atoms with Crippen molar-refractivity contribution < 1.29 is 28.4 Å². The van der Waals surface area contributed by atoms with Gasteiger partial charge in [-0.05, 0) is 42.3 Å². The summed E-state index contributed by atoms with van der Waals surface area (Å²) in [5.41, 5.74) is 2.27. The third-order valence-corrected chi connectivity index (χ3v) is 5.10. The average Bonchev–Trinajstić information content (AvgIpc) is 3.39. The van der Waals surface area contributed by atoms with Gasteiger partial charge in [-0.25, -0.2) is 0 Å². The van der Waals surface area contributed by atoms with Crippen molar-refractivity contribution in [2.75, 3.05) is 26.8 Å². The maximum Gasteiger partial charge on any atom is 0.231 e. The smallest absolute Gasteiger partial charge is 0.231 e. The second kappa shape index (κ2) is 6.37. The molecule has 1 unspecified atom stereocenters.